The maximum absolute atomic E-state index is 11.8. The zero-order chi connectivity index (χ0) is 17.8. The number of nitrogens with zero attached hydrogens (tertiary/aromatic N) is 4. The predicted octanol–water partition coefficient (Wildman–Crippen LogP) is 4.82. The second-order valence-corrected chi connectivity index (χ2v) is 5.86. The molecule has 6 nitrogen and oxygen atoms in total. The van der Waals surface area contributed by atoms with Gasteiger partial charge in [-0.05, 0) is 49.7 Å². The SMILES string of the molecule is CCOC(=O)Cc1nc2ccccn2c1N=Nc1ccc(Cl)cc1C. The molecule has 2 heterocycles. The molecule has 0 N–H and O–H groups in total. The fraction of sp³-hybridized carbons (Fsp3) is 0.222. The highest BCUT2D eigenvalue weighted by molar-refractivity contribution is 6.30. The van der Waals surface area contributed by atoms with Crippen molar-refractivity contribution in [3.63, 3.8) is 0 Å². The Morgan fingerprint density at radius 2 is 2.12 bits per heavy atom. The molecule has 25 heavy (non-hydrogen) atoms. The first-order valence-corrected chi connectivity index (χ1v) is 8.25. The Hall–Kier alpha value is -2.73. The molecule has 128 valence electrons. The molecule has 2 aromatic heterocycles. The summed E-state index contributed by atoms with van der Waals surface area (Å²) in [6, 6.07) is 11.0. The minimum absolute atomic E-state index is 0.0451. The summed E-state index contributed by atoms with van der Waals surface area (Å²) in [5.41, 5.74) is 2.85. The van der Waals surface area contributed by atoms with Crippen molar-refractivity contribution in [3.05, 3.63) is 58.9 Å². The summed E-state index contributed by atoms with van der Waals surface area (Å²) in [4.78, 5) is 16.3. The maximum atomic E-state index is 11.8. The molecule has 0 saturated heterocycles. The molecule has 0 aliphatic carbocycles. The Morgan fingerprint density at radius 1 is 1.28 bits per heavy atom. The number of imidazole rings is 1. The van der Waals surface area contributed by atoms with Crippen molar-refractivity contribution in [2.75, 3.05) is 6.61 Å². The molecular weight excluding hydrogens is 340 g/mol. The van der Waals surface area contributed by atoms with Crippen LogP contribution in [0.4, 0.5) is 11.5 Å². The van der Waals surface area contributed by atoms with Crippen molar-refractivity contribution < 1.29 is 9.53 Å². The van der Waals surface area contributed by atoms with E-state index in [-0.39, 0.29) is 12.4 Å². The topological polar surface area (TPSA) is 68.3 Å². The van der Waals surface area contributed by atoms with Crippen molar-refractivity contribution in [2.24, 2.45) is 10.2 Å². The summed E-state index contributed by atoms with van der Waals surface area (Å²) in [5.74, 6) is 0.169. The minimum atomic E-state index is -0.343. The fourth-order valence-electron chi connectivity index (χ4n) is 2.44. The van der Waals surface area contributed by atoms with Crippen LogP contribution in [0, 0.1) is 6.92 Å². The van der Waals surface area contributed by atoms with Crippen LogP contribution in [-0.2, 0) is 16.0 Å². The van der Waals surface area contributed by atoms with Gasteiger partial charge in [-0.25, -0.2) is 4.98 Å². The molecule has 3 rings (SSSR count). The van der Waals surface area contributed by atoms with Gasteiger partial charge in [-0.1, -0.05) is 17.7 Å². The number of hydrogen-bond donors (Lipinski definition) is 0. The van der Waals surface area contributed by atoms with Gasteiger partial charge in [0.15, 0.2) is 5.82 Å². The highest BCUT2D eigenvalue weighted by Gasteiger charge is 2.16. The molecule has 0 amide bonds. The van der Waals surface area contributed by atoms with E-state index in [1.165, 1.54) is 0 Å². The average molecular weight is 357 g/mol. The zero-order valence-corrected chi connectivity index (χ0v) is 14.7. The lowest BCUT2D eigenvalue weighted by atomic mass is 10.2. The lowest BCUT2D eigenvalue weighted by Crippen LogP contribution is -2.07. The molecule has 0 unspecified atom stereocenters. The Morgan fingerprint density at radius 3 is 2.88 bits per heavy atom. The van der Waals surface area contributed by atoms with Gasteiger partial charge in [-0.15, -0.1) is 10.2 Å². The summed E-state index contributed by atoms with van der Waals surface area (Å²) in [5, 5.41) is 9.30. The van der Waals surface area contributed by atoms with Crippen LogP contribution in [-0.4, -0.2) is 22.0 Å². The van der Waals surface area contributed by atoms with Crippen LogP contribution in [0.5, 0.6) is 0 Å². The van der Waals surface area contributed by atoms with E-state index in [4.69, 9.17) is 16.3 Å². The van der Waals surface area contributed by atoms with Gasteiger partial charge >= 0.3 is 5.97 Å². The Bertz CT molecular complexity index is 949. The van der Waals surface area contributed by atoms with Crippen LogP contribution in [0.15, 0.2) is 52.8 Å². The van der Waals surface area contributed by atoms with Gasteiger partial charge in [0.1, 0.15) is 5.65 Å². The number of aromatic nitrogens is 2. The van der Waals surface area contributed by atoms with Gasteiger partial charge < -0.3 is 4.74 Å². The zero-order valence-electron chi connectivity index (χ0n) is 13.9. The van der Waals surface area contributed by atoms with Crippen LogP contribution >= 0.6 is 11.6 Å². The van der Waals surface area contributed by atoms with E-state index in [9.17, 15) is 4.79 Å². The number of esters is 1. The van der Waals surface area contributed by atoms with E-state index < -0.39 is 0 Å². The highest BCUT2D eigenvalue weighted by atomic mass is 35.5. The number of halogens is 1. The number of fused-ring (bicyclic) bond motifs is 1. The van der Waals surface area contributed by atoms with Gasteiger partial charge in [-0.2, -0.15) is 0 Å². The van der Waals surface area contributed by atoms with E-state index in [1.54, 1.807) is 23.5 Å². The third kappa shape index (κ3) is 3.85. The first-order chi connectivity index (χ1) is 12.1. The Labute approximate surface area is 150 Å². The molecule has 0 aliphatic heterocycles. The molecule has 0 fully saturated rings. The predicted molar refractivity (Wildman–Crippen MR) is 95.9 cm³/mol. The number of pyridine rings is 1. The lowest BCUT2D eigenvalue weighted by Gasteiger charge is -2.01. The molecule has 0 saturated carbocycles. The van der Waals surface area contributed by atoms with E-state index in [1.807, 2.05) is 37.4 Å². The van der Waals surface area contributed by atoms with Crippen LogP contribution in [0.1, 0.15) is 18.2 Å². The van der Waals surface area contributed by atoms with E-state index in [0.29, 0.717) is 34.5 Å². The number of azo groups is 1. The number of carbonyl (C=O) groups excluding carboxylic acids is 1. The number of benzene rings is 1. The van der Waals surface area contributed by atoms with Gasteiger partial charge in [0.25, 0.3) is 0 Å². The van der Waals surface area contributed by atoms with E-state index in [2.05, 4.69) is 15.2 Å². The Balaban J connectivity index is 2.01. The largest absolute Gasteiger partial charge is 0.466 e. The van der Waals surface area contributed by atoms with Crippen LogP contribution in [0.3, 0.4) is 0 Å². The number of aryl methyl sites for hydroxylation is 1. The maximum Gasteiger partial charge on any atom is 0.312 e. The first-order valence-electron chi connectivity index (χ1n) is 7.88. The van der Waals surface area contributed by atoms with Crippen LogP contribution in [0.2, 0.25) is 5.02 Å². The molecule has 0 bridgehead atoms. The van der Waals surface area contributed by atoms with Crippen molar-refractivity contribution in [2.45, 2.75) is 20.3 Å². The third-order valence-corrected chi connectivity index (χ3v) is 3.84. The second-order valence-electron chi connectivity index (χ2n) is 5.42. The summed E-state index contributed by atoms with van der Waals surface area (Å²) < 4.78 is 6.81. The summed E-state index contributed by atoms with van der Waals surface area (Å²) >= 11 is 5.97. The Kier molecular flexibility index (Phi) is 5.09. The minimum Gasteiger partial charge on any atom is -0.466 e. The first kappa shape index (κ1) is 17.1. The number of rotatable bonds is 5. The van der Waals surface area contributed by atoms with Crippen molar-refractivity contribution in [3.8, 4) is 0 Å². The van der Waals surface area contributed by atoms with Crippen molar-refractivity contribution in [1.82, 2.24) is 9.38 Å². The van der Waals surface area contributed by atoms with Gasteiger partial charge in [0.05, 0.1) is 24.4 Å². The molecule has 0 radical (unpaired) electrons. The number of carbonyl (C=O) groups is 1. The monoisotopic (exact) mass is 356 g/mol. The van der Waals surface area contributed by atoms with Crippen LogP contribution in [0.25, 0.3) is 5.65 Å². The van der Waals surface area contributed by atoms with E-state index in [0.717, 1.165) is 5.56 Å². The fourth-order valence-corrected chi connectivity index (χ4v) is 2.66. The smallest absolute Gasteiger partial charge is 0.312 e. The average Bonchev–Trinajstić information content (AvgIpc) is 2.91. The van der Waals surface area contributed by atoms with Crippen molar-refractivity contribution in [1.29, 1.82) is 0 Å². The summed E-state index contributed by atoms with van der Waals surface area (Å²) in [6.07, 6.45) is 1.88. The summed E-state index contributed by atoms with van der Waals surface area (Å²) in [6.45, 7) is 4.01. The highest BCUT2D eigenvalue weighted by Crippen LogP contribution is 2.27. The van der Waals surface area contributed by atoms with Crippen LogP contribution < -0.4 is 0 Å². The van der Waals surface area contributed by atoms with Gasteiger partial charge in [0.2, 0.25) is 0 Å². The molecule has 0 spiro atoms. The number of hydrogen-bond acceptors (Lipinski definition) is 5. The standard InChI is InChI=1S/C18H17ClN4O2/c1-3-25-17(24)11-15-18(23-9-5-4-6-16(23)20-15)22-21-14-8-7-13(19)10-12(14)2/h4-10H,3,11H2,1-2H3. The third-order valence-electron chi connectivity index (χ3n) is 3.60. The molecule has 3 aromatic rings. The lowest BCUT2D eigenvalue weighted by molar-refractivity contribution is -0.142. The molecule has 7 heteroatoms. The van der Waals surface area contributed by atoms with E-state index >= 15 is 0 Å². The van der Waals surface area contributed by atoms with Gasteiger partial charge in [0, 0.05) is 11.2 Å². The normalized spacial score (nSPS) is 11.3. The molecule has 0 atom stereocenters. The summed E-state index contributed by atoms with van der Waals surface area (Å²) in [7, 11) is 0. The molecule has 1 aromatic carbocycles. The van der Waals surface area contributed by atoms with Gasteiger partial charge in [-0.3, -0.25) is 9.20 Å². The van der Waals surface area contributed by atoms with Crippen molar-refractivity contribution >= 4 is 34.7 Å². The number of ether oxygens (including phenoxy) is 1. The molecule has 0 aliphatic rings. The molecular formula is C18H17ClN4O2. The second kappa shape index (κ2) is 7.44. The quantitative estimate of drug-likeness (QED) is 0.486.